The number of azo groups is 1. The number of aromatic hydroxyl groups is 1. The average Bonchev–Trinajstić information content (AvgIpc) is 2.96. The fourth-order valence-corrected chi connectivity index (χ4v) is 3.88. The molecule has 2 amide bonds. The number of amides is 2. The van der Waals surface area contributed by atoms with E-state index in [1.807, 2.05) is 60.7 Å². The van der Waals surface area contributed by atoms with Crippen LogP contribution in [0.5, 0.6) is 5.75 Å². The quantitative estimate of drug-likeness (QED) is 0.143. The van der Waals surface area contributed by atoms with Gasteiger partial charge in [-0.3, -0.25) is 9.79 Å². The summed E-state index contributed by atoms with van der Waals surface area (Å²) in [4.78, 5) is 30.5. The number of alkyl carbamates (subject to hydrolysis) is 1. The van der Waals surface area contributed by atoms with Crippen molar-refractivity contribution in [3.8, 4) is 5.75 Å². The number of carbonyl (C=O) groups is 2. The van der Waals surface area contributed by atoms with Gasteiger partial charge in [0.05, 0.1) is 22.7 Å². The Morgan fingerprint density at radius 3 is 2.21 bits per heavy atom. The molecule has 214 valence electrons. The molecular weight excluding hydrogens is 530 g/mol. The van der Waals surface area contributed by atoms with Crippen LogP contribution in [0.15, 0.2) is 118 Å². The second-order valence-electron chi connectivity index (χ2n) is 10.4. The summed E-state index contributed by atoms with van der Waals surface area (Å²) in [7, 11) is 0. The Bertz CT molecular complexity index is 1560. The van der Waals surface area contributed by atoms with E-state index in [1.54, 1.807) is 57.2 Å². The summed E-state index contributed by atoms with van der Waals surface area (Å²) < 4.78 is 5.39. The summed E-state index contributed by atoms with van der Waals surface area (Å²) in [6.45, 7) is 5.27. The minimum absolute atomic E-state index is 0.0170. The van der Waals surface area contributed by atoms with Gasteiger partial charge in [0.15, 0.2) is 0 Å². The second kappa shape index (κ2) is 13.8. The molecular formula is C33H33N5O4. The first kappa shape index (κ1) is 29.7. The molecule has 0 saturated heterocycles. The van der Waals surface area contributed by atoms with Crippen molar-refractivity contribution < 1.29 is 19.4 Å². The fourth-order valence-electron chi connectivity index (χ4n) is 3.88. The Morgan fingerprint density at radius 1 is 0.857 bits per heavy atom. The maximum atomic E-state index is 13.4. The summed E-state index contributed by atoms with van der Waals surface area (Å²) >= 11 is 0. The van der Waals surface area contributed by atoms with Crippen LogP contribution in [-0.4, -0.2) is 35.0 Å². The molecule has 42 heavy (non-hydrogen) atoms. The van der Waals surface area contributed by atoms with Crippen LogP contribution >= 0.6 is 0 Å². The second-order valence-corrected chi connectivity index (χ2v) is 10.4. The van der Waals surface area contributed by atoms with Crippen LogP contribution in [0.25, 0.3) is 0 Å². The topological polar surface area (TPSA) is 125 Å². The van der Waals surface area contributed by atoms with Gasteiger partial charge in [0.2, 0.25) is 5.91 Å². The molecule has 0 saturated carbocycles. The largest absolute Gasteiger partial charge is 0.507 e. The van der Waals surface area contributed by atoms with Crippen LogP contribution < -0.4 is 10.6 Å². The number of hydrogen-bond donors (Lipinski definition) is 3. The van der Waals surface area contributed by atoms with Gasteiger partial charge in [-0.05, 0) is 68.8 Å². The maximum absolute atomic E-state index is 13.4. The van der Waals surface area contributed by atoms with Crippen molar-refractivity contribution in [2.24, 2.45) is 15.2 Å². The van der Waals surface area contributed by atoms with E-state index in [2.05, 4.69) is 25.9 Å². The molecule has 0 fully saturated rings. The predicted molar refractivity (Wildman–Crippen MR) is 164 cm³/mol. The van der Waals surface area contributed by atoms with Crippen molar-refractivity contribution in [1.82, 2.24) is 5.32 Å². The summed E-state index contributed by atoms with van der Waals surface area (Å²) in [6, 6.07) is 29.6. The zero-order valence-electron chi connectivity index (χ0n) is 23.7. The molecule has 4 aromatic carbocycles. The lowest BCUT2D eigenvalue weighted by Gasteiger charge is -2.23. The average molecular weight is 564 g/mol. The maximum Gasteiger partial charge on any atom is 0.408 e. The Kier molecular flexibility index (Phi) is 9.78. The van der Waals surface area contributed by atoms with Crippen molar-refractivity contribution in [2.75, 3.05) is 5.32 Å². The molecule has 0 unspecified atom stereocenters. The fraction of sp³-hybridized carbons (Fsp3) is 0.182. The number of phenolic OH excluding ortho intramolecular Hbond substituents is 1. The van der Waals surface area contributed by atoms with Crippen molar-refractivity contribution in [3.63, 3.8) is 0 Å². The molecule has 9 heteroatoms. The zero-order chi connectivity index (χ0) is 30.0. The lowest BCUT2D eigenvalue weighted by atomic mass is 10.1. The number of para-hydroxylation sites is 2. The van der Waals surface area contributed by atoms with Gasteiger partial charge < -0.3 is 20.5 Å². The van der Waals surface area contributed by atoms with Crippen LogP contribution in [0.3, 0.4) is 0 Å². The van der Waals surface area contributed by atoms with Gasteiger partial charge in [0.1, 0.15) is 17.4 Å². The first-order valence-electron chi connectivity index (χ1n) is 13.4. The molecule has 0 aliphatic carbocycles. The van der Waals surface area contributed by atoms with E-state index in [0.717, 1.165) is 5.56 Å². The third-order valence-electron chi connectivity index (χ3n) is 5.84. The van der Waals surface area contributed by atoms with Gasteiger partial charge >= 0.3 is 6.09 Å². The molecule has 0 spiro atoms. The SMILES string of the molecule is CC(C)(C)OC(=O)N[C@H](Cc1ccccc1)C(=O)Nc1ccccc1N=Cc1cc(N=Nc2ccccc2)ccc1O. The number of nitrogens with zero attached hydrogens (tertiary/aromatic N) is 3. The van der Waals surface area contributed by atoms with Crippen LogP contribution in [0, 0.1) is 0 Å². The highest BCUT2D eigenvalue weighted by atomic mass is 16.6. The van der Waals surface area contributed by atoms with Gasteiger partial charge in [-0.15, -0.1) is 0 Å². The van der Waals surface area contributed by atoms with E-state index in [0.29, 0.717) is 28.3 Å². The predicted octanol–water partition coefficient (Wildman–Crippen LogP) is 7.63. The first-order valence-corrected chi connectivity index (χ1v) is 13.4. The molecule has 0 heterocycles. The molecule has 0 radical (unpaired) electrons. The molecule has 1 atom stereocenters. The molecule has 3 N–H and O–H groups in total. The highest BCUT2D eigenvalue weighted by molar-refractivity contribution is 5.99. The smallest absolute Gasteiger partial charge is 0.408 e. The van der Waals surface area contributed by atoms with Gasteiger partial charge in [0, 0.05) is 18.2 Å². The standard InChI is InChI=1S/C33H33N5O4/c1-33(2,3)42-32(41)36-29(20-23-12-6-4-7-13-23)31(40)35-28-17-11-10-16-27(28)34-22-24-21-26(18-19-30(24)39)38-37-25-14-8-5-9-15-25/h4-19,21-22,29,39H,20H2,1-3H3,(H,35,40)(H,36,41)/t29-/m1/s1. The number of carbonyl (C=O) groups excluding carboxylic acids is 2. The third kappa shape index (κ3) is 9.12. The van der Waals surface area contributed by atoms with Crippen molar-refractivity contribution in [1.29, 1.82) is 0 Å². The van der Waals surface area contributed by atoms with Crippen LogP contribution in [0.4, 0.5) is 27.5 Å². The monoisotopic (exact) mass is 563 g/mol. The molecule has 0 aliphatic heterocycles. The van der Waals surface area contributed by atoms with E-state index in [-0.39, 0.29) is 12.2 Å². The van der Waals surface area contributed by atoms with Gasteiger partial charge in [0.25, 0.3) is 0 Å². The Morgan fingerprint density at radius 2 is 1.50 bits per heavy atom. The lowest BCUT2D eigenvalue weighted by molar-refractivity contribution is -0.118. The number of rotatable bonds is 9. The molecule has 0 aromatic heterocycles. The number of anilines is 1. The Balaban J connectivity index is 1.52. The molecule has 0 aliphatic rings. The number of aliphatic imine (C=N–C) groups is 1. The van der Waals surface area contributed by atoms with Gasteiger partial charge in [-0.1, -0.05) is 60.7 Å². The molecule has 0 bridgehead atoms. The van der Waals surface area contributed by atoms with Crippen molar-refractivity contribution >= 4 is 41.0 Å². The number of nitrogens with one attached hydrogen (secondary N) is 2. The minimum atomic E-state index is -0.907. The van der Waals surface area contributed by atoms with Crippen molar-refractivity contribution in [2.45, 2.75) is 38.8 Å². The summed E-state index contributed by atoms with van der Waals surface area (Å²) in [5, 5.41) is 24.4. The van der Waals surface area contributed by atoms with E-state index in [1.165, 1.54) is 12.3 Å². The molecule has 4 rings (SSSR count). The molecule has 9 nitrogen and oxygen atoms in total. The van der Waals surface area contributed by atoms with Gasteiger partial charge in [-0.25, -0.2) is 4.79 Å². The van der Waals surface area contributed by atoms with E-state index in [4.69, 9.17) is 4.74 Å². The van der Waals surface area contributed by atoms with E-state index < -0.39 is 23.6 Å². The number of hydrogen-bond acceptors (Lipinski definition) is 7. The lowest BCUT2D eigenvalue weighted by Crippen LogP contribution is -2.47. The van der Waals surface area contributed by atoms with Crippen LogP contribution in [-0.2, 0) is 16.0 Å². The Labute approximate surface area is 245 Å². The Hall–Kier alpha value is -5.31. The summed E-state index contributed by atoms with van der Waals surface area (Å²) in [5.74, 6) is -0.415. The van der Waals surface area contributed by atoms with E-state index >= 15 is 0 Å². The summed E-state index contributed by atoms with van der Waals surface area (Å²) in [5.41, 5.74) is 2.72. The molecule has 4 aromatic rings. The van der Waals surface area contributed by atoms with Gasteiger partial charge in [-0.2, -0.15) is 10.2 Å². The normalized spacial score (nSPS) is 12.3. The highest BCUT2D eigenvalue weighted by Crippen LogP contribution is 2.28. The first-order chi connectivity index (χ1) is 20.2. The highest BCUT2D eigenvalue weighted by Gasteiger charge is 2.25. The van der Waals surface area contributed by atoms with Crippen LogP contribution in [0.2, 0.25) is 0 Å². The minimum Gasteiger partial charge on any atom is -0.507 e. The number of benzene rings is 4. The van der Waals surface area contributed by atoms with Crippen LogP contribution in [0.1, 0.15) is 31.9 Å². The zero-order valence-corrected chi connectivity index (χ0v) is 23.7. The number of ether oxygens (including phenoxy) is 1. The van der Waals surface area contributed by atoms with E-state index in [9.17, 15) is 14.7 Å². The third-order valence-corrected chi connectivity index (χ3v) is 5.84. The van der Waals surface area contributed by atoms with Crippen molar-refractivity contribution in [3.05, 3.63) is 114 Å². The summed E-state index contributed by atoms with van der Waals surface area (Å²) in [6.07, 6.45) is 1.06. The number of phenols is 1.